The van der Waals surface area contributed by atoms with Gasteiger partial charge in [0, 0.05) is 5.70 Å². The number of carbonyl (C=O) groups is 1. The van der Waals surface area contributed by atoms with Gasteiger partial charge < -0.3 is 15.6 Å². The van der Waals surface area contributed by atoms with E-state index in [1.54, 1.807) is 0 Å². The molecule has 0 aromatic rings. The Balaban J connectivity index is 0. The Hall–Kier alpha value is 0.0100. The van der Waals surface area contributed by atoms with Crippen molar-refractivity contribution in [3.63, 3.8) is 0 Å². The molecule has 0 aromatic carbocycles. The standard InChI is InChI=1S/C3H5NO2.Na/c1-2(4)3(5)6;/h1,4H2,(H,5,6);/q;+1/p-1. The maximum absolute atomic E-state index is 9.36. The number of carboxylic acid groups (broad SMARTS) is 1. The third-order valence-corrected chi connectivity index (χ3v) is 0.262. The van der Waals surface area contributed by atoms with Crippen LogP contribution in [-0.4, -0.2) is 5.97 Å². The molecule has 0 aliphatic rings. The summed E-state index contributed by atoms with van der Waals surface area (Å²) in [5, 5.41) is 9.36. The molecule has 34 valence electrons. The summed E-state index contributed by atoms with van der Waals surface area (Å²) in [6, 6.07) is 0. The van der Waals surface area contributed by atoms with E-state index in [4.69, 9.17) is 0 Å². The van der Waals surface area contributed by atoms with Crippen molar-refractivity contribution in [2.45, 2.75) is 0 Å². The second kappa shape index (κ2) is 4.18. The van der Waals surface area contributed by atoms with Crippen LogP contribution in [0.5, 0.6) is 0 Å². The fraction of sp³-hybridized carbons (Fsp3) is 0. The summed E-state index contributed by atoms with van der Waals surface area (Å²) in [6.45, 7) is 2.87. The molecule has 0 amide bonds. The molecule has 0 unspecified atom stereocenters. The summed E-state index contributed by atoms with van der Waals surface area (Å²) in [5.41, 5.74) is 4.14. The molecule has 0 aromatic heterocycles. The van der Waals surface area contributed by atoms with E-state index in [0.29, 0.717) is 0 Å². The topological polar surface area (TPSA) is 66.2 Å². The minimum Gasteiger partial charge on any atom is -0.543 e. The van der Waals surface area contributed by atoms with Gasteiger partial charge in [0.25, 0.3) is 0 Å². The van der Waals surface area contributed by atoms with Crippen molar-refractivity contribution in [3.05, 3.63) is 12.3 Å². The predicted octanol–water partition coefficient (Wildman–Crippen LogP) is -4.79. The molecule has 0 saturated heterocycles. The van der Waals surface area contributed by atoms with Crippen molar-refractivity contribution in [1.82, 2.24) is 0 Å². The average Bonchev–Trinajstić information content (AvgIpc) is 1.36. The maximum Gasteiger partial charge on any atom is 1.00 e. The molecule has 0 fully saturated rings. The van der Waals surface area contributed by atoms with E-state index in [9.17, 15) is 9.90 Å². The molecule has 0 atom stereocenters. The van der Waals surface area contributed by atoms with Crippen molar-refractivity contribution < 1.29 is 39.5 Å². The fourth-order valence-electron chi connectivity index (χ4n) is 0. The Labute approximate surface area is 63.5 Å². The monoisotopic (exact) mass is 109 g/mol. The number of hydrogen-bond acceptors (Lipinski definition) is 3. The Bertz CT molecular complexity index is 78.9. The molecule has 0 heterocycles. The van der Waals surface area contributed by atoms with Gasteiger partial charge in [-0.25, -0.2) is 0 Å². The SMILES string of the molecule is C=C(N)C(=O)[O-].[Na+]. The minimum atomic E-state index is -1.41. The van der Waals surface area contributed by atoms with Crippen molar-refractivity contribution >= 4 is 5.97 Å². The molecule has 0 spiro atoms. The molecule has 0 saturated carbocycles. The molecule has 0 radical (unpaired) electrons. The van der Waals surface area contributed by atoms with E-state index in [1.165, 1.54) is 0 Å². The first-order valence-electron chi connectivity index (χ1n) is 1.30. The van der Waals surface area contributed by atoms with E-state index in [0.717, 1.165) is 0 Å². The van der Waals surface area contributed by atoms with Gasteiger partial charge in [0.05, 0.1) is 5.97 Å². The number of carbonyl (C=O) groups excluding carboxylic acids is 1. The largest absolute Gasteiger partial charge is 1.00 e. The molecular formula is C3H4NNaO2. The summed E-state index contributed by atoms with van der Waals surface area (Å²) >= 11 is 0. The van der Waals surface area contributed by atoms with Gasteiger partial charge in [-0.1, -0.05) is 6.58 Å². The van der Waals surface area contributed by atoms with Gasteiger partial charge in [-0.05, 0) is 0 Å². The van der Waals surface area contributed by atoms with Gasteiger partial charge in [-0.2, -0.15) is 0 Å². The van der Waals surface area contributed by atoms with Crippen LogP contribution >= 0.6 is 0 Å². The normalized spacial score (nSPS) is 6.29. The van der Waals surface area contributed by atoms with Gasteiger partial charge in [0.1, 0.15) is 0 Å². The maximum atomic E-state index is 9.36. The first kappa shape index (κ1) is 10.1. The van der Waals surface area contributed by atoms with E-state index in [2.05, 4.69) is 12.3 Å². The van der Waals surface area contributed by atoms with Gasteiger partial charge in [0.2, 0.25) is 0 Å². The quantitative estimate of drug-likeness (QED) is 0.271. The molecule has 0 aliphatic carbocycles. The van der Waals surface area contributed by atoms with Gasteiger partial charge in [-0.3, -0.25) is 0 Å². The number of carboxylic acids is 1. The average molecular weight is 109 g/mol. The number of aliphatic carboxylic acids is 1. The molecule has 4 heteroatoms. The van der Waals surface area contributed by atoms with Crippen LogP contribution in [0.15, 0.2) is 12.3 Å². The Morgan fingerprint density at radius 1 is 1.71 bits per heavy atom. The van der Waals surface area contributed by atoms with Crippen molar-refractivity contribution in [2.24, 2.45) is 5.73 Å². The summed E-state index contributed by atoms with van der Waals surface area (Å²) in [4.78, 5) is 9.36. The van der Waals surface area contributed by atoms with Gasteiger partial charge >= 0.3 is 29.6 Å². The second-order valence-electron chi connectivity index (χ2n) is 0.813. The zero-order chi connectivity index (χ0) is 5.15. The van der Waals surface area contributed by atoms with Crippen LogP contribution in [0, 0.1) is 0 Å². The van der Waals surface area contributed by atoms with E-state index in [1.807, 2.05) is 0 Å². The summed E-state index contributed by atoms with van der Waals surface area (Å²) < 4.78 is 0. The predicted molar refractivity (Wildman–Crippen MR) is 18.3 cm³/mol. The molecular weight excluding hydrogens is 105 g/mol. The van der Waals surface area contributed by atoms with Crippen LogP contribution in [0.25, 0.3) is 0 Å². The Morgan fingerprint density at radius 3 is 1.86 bits per heavy atom. The minimum absolute atomic E-state index is 0. The van der Waals surface area contributed by atoms with Gasteiger partial charge in [-0.15, -0.1) is 0 Å². The third kappa shape index (κ3) is 6.01. The number of rotatable bonds is 1. The zero-order valence-corrected chi connectivity index (χ0v) is 6.10. The first-order chi connectivity index (χ1) is 2.64. The van der Waals surface area contributed by atoms with Crippen molar-refractivity contribution in [3.8, 4) is 0 Å². The van der Waals surface area contributed by atoms with Crippen molar-refractivity contribution in [2.75, 3.05) is 0 Å². The number of nitrogens with two attached hydrogens (primary N) is 1. The van der Waals surface area contributed by atoms with E-state index < -0.39 is 11.7 Å². The number of hydrogen-bond donors (Lipinski definition) is 1. The van der Waals surface area contributed by atoms with E-state index in [-0.39, 0.29) is 29.6 Å². The summed E-state index contributed by atoms with van der Waals surface area (Å²) in [6.07, 6.45) is 0. The zero-order valence-electron chi connectivity index (χ0n) is 4.10. The van der Waals surface area contributed by atoms with Crippen LogP contribution in [0.3, 0.4) is 0 Å². The second-order valence-corrected chi connectivity index (χ2v) is 0.813. The molecule has 2 N–H and O–H groups in total. The van der Waals surface area contributed by atoms with Crippen LogP contribution in [-0.2, 0) is 4.79 Å². The Morgan fingerprint density at radius 2 is 1.86 bits per heavy atom. The molecule has 0 rings (SSSR count). The Kier molecular flexibility index (Phi) is 6.02. The van der Waals surface area contributed by atoms with E-state index >= 15 is 0 Å². The van der Waals surface area contributed by atoms with Crippen LogP contribution < -0.4 is 40.4 Å². The molecule has 7 heavy (non-hydrogen) atoms. The fourth-order valence-corrected chi connectivity index (χ4v) is 0. The smallest absolute Gasteiger partial charge is 0.543 e. The third-order valence-electron chi connectivity index (χ3n) is 0.262. The van der Waals surface area contributed by atoms with Crippen LogP contribution in [0.2, 0.25) is 0 Å². The first-order valence-corrected chi connectivity index (χ1v) is 1.30. The molecule has 0 aliphatic heterocycles. The summed E-state index contributed by atoms with van der Waals surface area (Å²) in [5.74, 6) is -1.41. The van der Waals surface area contributed by atoms with Crippen LogP contribution in [0.1, 0.15) is 0 Å². The van der Waals surface area contributed by atoms with Gasteiger partial charge in [0.15, 0.2) is 0 Å². The summed E-state index contributed by atoms with van der Waals surface area (Å²) in [7, 11) is 0. The van der Waals surface area contributed by atoms with Crippen molar-refractivity contribution in [1.29, 1.82) is 0 Å². The molecule has 0 bridgehead atoms. The van der Waals surface area contributed by atoms with Crippen LogP contribution in [0.4, 0.5) is 0 Å². The molecule has 3 nitrogen and oxygen atoms in total.